The van der Waals surface area contributed by atoms with Crippen LogP contribution < -0.4 is 5.32 Å². The maximum absolute atomic E-state index is 12.8. The molecule has 3 N–H and O–H groups in total. The van der Waals surface area contributed by atoms with Crippen molar-refractivity contribution in [1.29, 1.82) is 0 Å². The number of aliphatic hydroxyl groups excluding tert-OH is 2. The Morgan fingerprint density at radius 1 is 1.24 bits per heavy atom. The molecule has 3 heterocycles. The van der Waals surface area contributed by atoms with Crippen molar-refractivity contribution in [2.45, 2.75) is 25.9 Å². The SMILES string of the molecule is CC(Nc1ncnc2sc3c(c12)CCN(C(=O)C=CCN(CCO)CCO)C3)c1ccccc1. The van der Waals surface area contributed by atoms with Crippen molar-refractivity contribution in [3.05, 3.63) is 64.8 Å². The van der Waals surface area contributed by atoms with E-state index in [1.54, 1.807) is 29.8 Å². The van der Waals surface area contributed by atoms with Crippen LogP contribution in [-0.2, 0) is 17.8 Å². The van der Waals surface area contributed by atoms with Crippen LogP contribution in [0.1, 0.15) is 29.0 Å². The number of aliphatic hydroxyl groups is 2. The highest BCUT2D eigenvalue weighted by Crippen LogP contribution is 2.38. The summed E-state index contributed by atoms with van der Waals surface area (Å²) in [4.78, 5) is 27.7. The van der Waals surface area contributed by atoms with Gasteiger partial charge in [-0.3, -0.25) is 9.69 Å². The molecular formula is C25H31N5O3S. The van der Waals surface area contributed by atoms with E-state index in [1.807, 2.05) is 28.0 Å². The number of nitrogens with zero attached hydrogens (tertiary/aromatic N) is 4. The third-order valence-corrected chi connectivity index (χ3v) is 7.18. The molecule has 8 nitrogen and oxygen atoms in total. The van der Waals surface area contributed by atoms with Crippen molar-refractivity contribution in [3.8, 4) is 0 Å². The zero-order valence-corrected chi connectivity index (χ0v) is 20.2. The summed E-state index contributed by atoms with van der Waals surface area (Å²) >= 11 is 1.63. The molecule has 1 unspecified atom stereocenters. The van der Waals surface area contributed by atoms with Gasteiger partial charge < -0.3 is 20.4 Å². The molecule has 34 heavy (non-hydrogen) atoms. The van der Waals surface area contributed by atoms with E-state index in [1.165, 1.54) is 11.1 Å². The maximum atomic E-state index is 12.8. The normalized spacial score (nSPS) is 14.6. The van der Waals surface area contributed by atoms with Crippen LogP contribution in [0.15, 0.2) is 48.8 Å². The summed E-state index contributed by atoms with van der Waals surface area (Å²) in [7, 11) is 0. The Kier molecular flexibility index (Phi) is 8.23. The molecule has 1 amide bonds. The highest BCUT2D eigenvalue weighted by atomic mass is 32.1. The number of rotatable bonds is 10. The minimum atomic E-state index is -0.0295. The van der Waals surface area contributed by atoms with E-state index in [4.69, 9.17) is 10.2 Å². The van der Waals surface area contributed by atoms with Crippen LogP contribution in [0, 0.1) is 0 Å². The molecule has 4 rings (SSSR count). The zero-order valence-electron chi connectivity index (χ0n) is 19.4. The first-order chi connectivity index (χ1) is 16.6. The summed E-state index contributed by atoms with van der Waals surface area (Å²) in [5.74, 6) is 0.810. The number of benzene rings is 1. The van der Waals surface area contributed by atoms with Gasteiger partial charge in [-0.25, -0.2) is 9.97 Å². The third-order valence-electron chi connectivity index (χ3n) is 6.06. The number of anilines is 1. The minimum absolute atomic E-state index is 0.0203. The van der Waals surface area contributed by atoms with Crippen molar-refractivity contribution in [3.63, 3.8) is 0 Å². The van der Waals surface area contributed by atoms with Gasteiger partial charge in [0.25, 0.3) is 0 Å². The Morgan fingerprint density at radius 3 is 2.74 bits per heavy atom. The molecule has 0 fully saturated rings. The van der Waals surface area contributed by atoms with Gasteiger partial charge in [-0.1, -0.05) is 36.4 Å². The molecule has 1 aliphatic heterocycles. The van der Waals surface area contributed by atoms with Crippen LogP contribution in [0.4, 0.5) is 5.82 Å². The number of hydrogen-bond acceptors (Lipinski definition) is 8. The standard InChI is InChI=1S/C25H31N5O3S/c1-18(19-6-3-2-4-7-19)28-24-23-20-9-11-30(16-21(20)34-25(23)27-17-26-24)22(33)8-5-10-29(12-14-31)13-15-32/h2-8,17-18,31-32H,9-16H2,1H3,(H,26,27,28). The molecule has 0 spiro atoms. The van der Waals surface area contributed by atoms with Crippen molar-refractivity contribution >= 4 is 33.3 Å². The number of carbonyl (C=O) groups is 1. The first-order valence-electron chi connectivity index (χ1n) is 11.6. The lowest BCUT2D eigenvalue weighted by Crippen LogP contribution is -2.34. The number of nitrogens with one attached hydrogen (secondary N) is 1. The van der Waals surface area contributed by atoms with E-state index in [2.05, 4.69) is 34.3 Å². The Bertz CT molecular complexity index is 1130. The molecule has 3 aromatic rings. The second-order valence-electron chi connectivity index (χ2n) is 8.34. The number of thiophene rings is 1. The minimum Gasteiger partial charge on any atom is -0.395 e. The fourth-order valence-corrected chi connectivity index (χ4v) is 5.44. The Morgan fingerprint density at radius 2 is 2.00 bits per heavy atom. The van der Waals surface area contributed by atoms with Crippen molar-refractivity contribution < 1.29 is 15.0 Å². The molecule has 2 aromatic heterocycles. The van der Waals surface area contributed by atoms with Gasteiger partial charge in [0.2, 0.25) is 5.91 Å². The van der Waals surface area contributed by atoms with Crippen LogP contribution in [0.2, 0.25) is 0 Å². The van der Waals surface area contributed by atoms with Gasteiger partial charge in [0, 0.05) is 43.2 Å². The molecule has 0 saturated heterocycles. The van der Waals surface area contributed by atoms with Gasteiger partial charge in [-0.2, -0.15) is 0 Å². The summed E-state index contributed by atoms with van der Waals surface area (Å²) in [6.07, 6.45) is 5.75. The Balaban J connectivity index is 1.46. The smallest absolute Gasteiger partial charge is 0.246 e. The molecule has 0 bridgehead atoms. The number of hydrogen-bond donors (Lipinski definition) is 3. The largest absolute Gasteiger partial charge is 0.395 e. The number of carbonyl (C=O) groups excluding carboxylic acids is 1. The zero-order chi connectivity index (χ0) is 23.9. The monoisotopic (exact) mass is 481 g/mol. The van der Waals surface area contributed by atoms with Gasteiger partial charge in [0.15, 0.2) is 0 Å². The van der Waals surface area contributed by atoms with E-state index in [9.17, 15) is 4.79 Å². The van der Waals surface area contributed by atoms with Crippen LogP contribution in [0.5, 0.6) is 0 Å². The molecule has 180 valence electrons. The summed E-state index contributed by atoms with van der Waals surface area (Å²) in [5, 5.41) is 22.9. The number of amides is 1. The Hall–Kier alpha value is -2.85. The predicted molar refractivity (Wildman–Crippen MR) is 135 cm³/mol. The molecule has 0 saturated carbocycles. The number of fused-ring (bicyclic) bond motifs is 3. The first kappa shape index (κ1) is 24.3. The summed E-state index contributed by atoms with van der Waals surface area (Å²) in [5.41, 5.74) is 2.42. The van der Waals surface area contributed by atoms with E-state index in [-0.39, 0.29) is 25.2 Å². The highest BCUT2D eigenvalue weighted by Gasteiger charge is 2.26. The highest BCUT2D eigenvalue weighted by molar-refractivity contribution is 7.19. The van der Waals surface area contributed by atoms with E-state index in [0.717, 1.165) is 27.3 Å². The second kappa shape index (κ2) is 11.5. The van der Waals surface area contributed by atoms with Gasteiger partial charge in [-0.05, 0) is 24.5 Å². The predicted octanol–water partition coefficient (Wildman–Crippen LogP) is 2.59. The first-order valence-corrected chi connectivity index (χ1v) is 12.4. The fourth-order valence-electron chi connectivity index (χ4n) is 4.24. The van der Waals surface area contributed by atoms with E-state index >= 15 is 0 Å². The maximum Gasteiger partial charge on any atom is 0.246 e. The molecule has 1 atom stereocenters. The lowest BCUT2D eigenvalue weighted by atomic mass is 10.0. The summed E-state index contributed by atoms with van der Waals surface area (Å²) in [6, 6.07) is 10.4. The topological polar surface area (TPSA) is 102 Å². The van der Waals surface area contributed by atoms with Crippen molar-refractivity contribution in [1.82, 2.24) is 19.8 Å². The second-order valence-corrected chi connectivity index (χ2v) is 9.43. The van der Waals surface area contributed by atoms with Gasteiger partial charge in [0.1, 0.15) is 17.0 Å². The molecule has 9 heteroatoms. The van der Waals surface area contributed by atoms with Crippen molar-refractivity contribution in [2.75, 3.05) is 44.7 Å². The fraction of sp³-hybridized carbons (Fsp3) is 0.400. The lowest BCUT2D eigenvalue weighted by molar-refractivity contribution is -0.126. The van der Waals surface area contributed by atoms with Gasteiger partial charge >= 0.3 is 0 Å². The lowest BCUT2D eigenvalue weighted by Gasteiger charge is -2.26. The van der Waals surface area contributed by atoms with Gasteiger partial charge in [-0.15, -0.1) is 11.3 Å². The summed E-state index contributed by atoms with van der Waals surface area (Å²) < 4.78 is 0. The number of aromatic nitrogens is 2. The van der Waals surface area contributed by atoms with Crippen LogP contribution in [0.25, 0.3) is 10.2 Å². The van der Waals surface area contributed by atoms with E-state index in [0.29, 0.717) is 32.7 Å². The van der Waals surface area contributed by atoms with Crippen LogP contribution in [-0.4, -0.2) is 75.3 Å². The molecule has 0 radical (unpaired) electrons. The average Bonchev–Trinajstić information content (AvgIpc) is 3.23. The molecule has 1 aliphatic rings. The van der Waals surface area contributed by atoms with Crippen LogP contribution >= 0.6 is 11.3 Å². The molecular weight excluding hydrogens is 450 g/mol. The molecule has 0 aliphatic carbocycles. The van der Waals surface area contributed by atoms with Crippen molar-refractivity contribution in [2.24, 2.45) is 0 Å². The van der Waals surface area contributed by atoms with Crippen LogP contribution in [0.3, 0.4) is 0 Å². The summed E-state index contributed by atoms with van der Waals surface area (Å²) in [6.45, 7) is 4.81. The quantitative estimate of drug-likeness (QED) is 0.383. The Labute approximate surface area is 203 Å². The van der Waals surface area contributed by atoms with Gasteiger partial charge in [0.05, 0.1) is 25.1 Å². The third kappa shape index (κ3) is 5.61. The van der Waals surface area contributed by atoms with E-state index < -0.39 is 0 Å². The average molecular weight is 482 g/mol. The molecule has 1 aromatic carbocycles.